The number of halogens is 5. The lowest BCUT2D eigenvalue weighted by molar-refractivity contribution is -0.0411. The van der Waals surface area contributed by atoms with E-state index in [4.69, 9.17) is 0 Å². The Balaban J connectivity index is 5.28. The van der Waals surface area contributed by atoms with E-state index in [1.807, 2.05) is 0 Å². The summed E-state index contributed by atoms with van der Waals surface area (Å²) in [6.45, 7) is -3.14. The van der Waals surface area contributed by atoms with E-state index in [9.17, 15) is 38.8 Å². The molecule has 0 aliphatic rings. The molecule has 1 atom stereocenters. The quantitative estimate of drug-likeness (QED) is 0.583. The number of hydrogen-bond acceptors (Lipinski definition) is 4. The molecule has 0 amide bonds. The van der Waals surface area contributed by atoms with E-state index in [1.165, 1.54) is 0 Å². The van der Waals surface area contributed by atoms with Gasteiger partial charge in [-0.2, -0.15) is 22.0 Å². The van der Waals surface area contributed by atoms with Gasteiger partial charge in [0, 0.05) is 6.92 Å². The summed E-state index contributed by atoms with van der Waals surface area (Å²) in [7, 11) is -11.7. The molecule has 0 rings (SSSR count). The second-order valence-corrected chi connectivity index (χ2v) is 10.9. The summed E-state index contributed by atoms with van der Waals surface area (Å²) in [4.78, 5) is 0. The van der Waals surface area contributed by atoms with Crippen molar-refractivity contribution in [3.63, 3.8) is 0 Å². The average Bonchev–Trinajstić information content (AvgIpc) is 1.77. The molecule has 0 saturated carbocycles. The van der Waals surface area contributed by atoms with E-state index >= 15 is 0 Å². The van der Waals surface area contributed by atoms with Crippen molar-refractivity contribution in [2.24, 2.45) is 0 Å². The zero-order valence-electron chi connectivity index (χ0n) is 6.84. The van der Waals surface area contributed by atoms with Crippen LogP contribution in [0, 0.1) is 0 Å². The fourth-order valence-corrected chi connectivity index (χ4v) is 7.15. The molecule has 0 radical (unpaired) electrons. The predicted octanol–water partition coefficient (Wildman–Crippen LogP) is 1.46. The van der Waals surface area contributed by atoms with E-state index < -0.39 is 36.7 Å². The first-order valence-electron chi connectivity index (χ1n) is 2.93. The first-order valence-corrected chi connectivity index (χ1v) is 8.34. The third-order valence-electron chi connectivity index (χ3n) is 0.996. The zero-order valence-corrected chi connectivity index (χ0v) is 9.47. The molecule has 0 aliphatic heterocycles. The molecule has 0 spiro atoms. The fourth-order valence-electron chi connectivity index (χ4n) is 0.265. The Hall–Kier alpha value is -0.0200. The third kappa shape index (κ3) is 3.49. The Morgan fingerprint density at radius 1 is 0.867 bits per heavy atom. The van der Waals surface area contributed by atoms with Crippen LogP contribution in [-0.2, 0) is 18.9 Å². The van der Waals surface area contributed by atoms with Crippen molar-refractivity contribution in [1.82, 2.24) is 0 Å². The van der Waals surface area contributed by atoms with Gasteiger partial charge in [-0.3, -0.25) is 0 Å². The van der Waals surface area contributed by atoms with Gasteiger partial charge >= 0.3 is 10.8 Å². The van der Waals surface area contributed by atoms with Crippen molar-refractivity contribution in [2.75, 3.05) is 0 Å². The molecule has 0 fully saturated rings. The third-order valence-corrected chi connectivity index (χ3v) is 10.0. The van der Waals surface area contributed by atoms with Crippen molar-refractivity contribution in [1.29, 1.82) is 0 Å². The van der Waals surface area contributed by atoms with Gasteiger partial charge in [0.2, 0.25) is 9.46 Å². The molecule has 0 aromatic rings. The van der Waals surface area contributed by atoms with Crippen LogP contribution in [0.2, 0.25) is 0 Å². The topological polar surface area (TPSA) is 68.3 Å². The molecule has 0 aliphatic carbocycles. The SMILES string of the molecule is CC(F)(F)S(=O)(=O)PS(=O)(=O)C(F)(F)F. The monoisotopic (exact) mass is 294 g/mol. The highest BCUT2D eigenvalue weighted by Crippen LogP contribution is 2.46. The maximum atomic E-state index is 12.2. The second-order valence-electron chi connectivity index (χ2n) is 2.34. The highest BCUT2D eigenvalue weighted by molar-refractivity contribution is 8.76. The van der Waals surface area contributed by atoms with Gasteiger partial charge in [0.15, 0.2) is 0 Å². The maximum absolute atomic E-state index is 12.2. The van der Waals surface area contributed by atoms with Gasteiger partial charge in [-0.15, -0.1) is 0 Å². The van der Waals surface area contributed by atoms with Crippen molar-refractivity contribution in [2.45, 2.75) is 17.7 Å². The lowest BCUT2D eigenvalue weighted by Gasteiger charge is -2.12. The molecule has 0 bridgehead atoms. The summed E-state index contributed by atoms with van der Waals surface area (Å²) in [6.07, 6.45) is 0. The van der Waals surface area contributed by atoms with Crippen LogP contribution in [0.15, 0.2) is 0 Å². The van der Waals surface area contributed by atoms with E-state index in [-0.39, 0.29) is 6.92 Å². The molecule has 0 aromatic carbocycles. The highest BCUT2D eigenvalue weighted by Gasteiger charge is 2.53. The molecule has 0 heterocycles. The summed E-state index contributed by atoms with van der Waals surface area (Å²) in [6, 6.07) is 0. The molecule has 15 heavy (non-hydrogen) atoms. The molecular weight excluding hydrogens is 290 g/mol. The maximum Gasteiger partial charge on any atom is 0.501 e. The van der Waals surface area contributed by atoms with Gasteiger partial charge < -0.3 is 0 Å². The van der Waals surface area contributed by atoms with Gasteiger partial charge in [0.25, 0.3) is 9.46 Å². The molecule has 4 nitrogen and oxygen atoms in total. The largest absolute Gasteiger partial charge is 0.501 e. The minimum absolute atomic E-state index is 0.193. The van der Waals surface area contributed by atoms with E-state index in [0.29, 0.717) is 0 Å². The molecule has 1 unspecified atom stereocenters. The van der Waals surface area contributed by atoms with Crippen LogP contribution in [0.25, 0.3) is 0 Å². The van der Waals surface area contributed by atoms with E-state index in [1.54, 1.807) is 0 Å². The van der Waals surface area contributed by atoms with Crippen LogP contribution in [0.3, 0.4) is 0 Å². The zero-order chi connectivity index (χ0) is 12.7. The van der Waals surface area contributed by atoms with Crippen LogP contribution in [0.4, 0.5) is 22.0 Å². The van der Waals surface area contributed by atoms with E-state index in [2.05, 4.69) is 0 Å². The predicted molar refractivity (Wildman–Crippen MR) is 42.8 cm³/mol. The Labute approximate surface area is 83.0 Å². The van der Waals surface area contributed by atoms with Crippen molar-refractivity contribution < 1.29 is 38.8 Å². The normalized spacial score (nSPS) is 16.1. The molecule has 92 valence electrons. The van der Waals surface area contributed by atoms with Gasteiger partial charge in [-0.25, -0.2) is 16.8 Å². The van der Waals surface area contributed by atoms with Crippen LogP contribution in [-0.4, -0.2) is 27.6 Å². The molecule has 0 saturated heterocycles. The van der Waals surface area contributed by atoms with Gasteiger partial charge in [0.1, 0.15) is 6.98 Å². The summed E-state index contributed by atoms with van der Waals surface area (Å²) < 4.78 is 101. The second kappa shape index (κ2) is 3.77. The van der Waals surface area contributed by atoms with Crippen LogP contribution in [0.5, 0.6) is 0 Å². The summed E-state index contributed by atoms with van der Waals surface area (Å²) >= 11 is 0. The molecule has 0 N–H and O–H groups in total. The Morgan fingerprint density at radius 3 is 1.40 bits per heavy atom. The number of hydrogen-bond donors (Lipinski definition) is 0. The Bertz CT molecular complexity index is 386. The molecule has 12 heteroatoms. The van der Waals surface area contributed by atoms with Crippen LogP contribution >= 0.6 is 6.98 Å². The van der Waals surface area contributed by atoms with Crippen molar-refractivity contribution >= 4 is 25.9 Å². The number of alkyl halides is 5. The summed E-state index contributed by atoms with van der Waals surface area (Å²) in [5.41, 5.74) is -5.86. The molecule has 0 aromatic heterocycles. The first kappa shape index (κ1) is 15.0. The van der Waals surface area contributed by atoms with Gasteiger partial charge in [-0.1, -0.05) is 0 Å². The summed E-state index contributed by atoms with van der Waals surface area (Å²) in [5, 5.41) is -4.52. The Kier molecular flexibility index (Phi) is 3.77. The standard InChI is InChI=1S/C3H4F5O4PS2/c1-2(4,5)14(9,10)13-15(11,12)3(6,7)8/h13H,1H3. The lowest BCUT2D eigenvalue weighted by Crippen LogP contribution is -2.26. The average molecular weight is 294 g/mol. The highest BCUT2D eigenvalue weighted by atomic mass is 33.1. The minimum Gasteiger partial charge on any atom is -0.218 e. The van der Waals surface area contributed by atoms with Crippen LogP contribution < -0.4 is 0 Å². The smallest absolute Gasteiger partial charge is 0.218 e. The van der Waals surface area contributed by atoms with E-state index in [0.717, 1.165) is 0 Å². The van der Waals surface area contributed by atoms with Gasteiger partial charge in [-0.05, 0) is 0 Å². The molecular formula is C3H4F5O4PS2. The lowest BCUT2D eigenvalue weighted by atomic mass is 10.9. The minimum atomic E-state index is -6.08. The first-order chi connectivity index (χ1) is 6.21. The summed E-state index contributed by atoms with van der Waals surface area (Å²) in [5.74, 6) is 0. The van der Waals surface area contributed by atoms with Crippen LogP contribution in [0.1, 0.15) is 6.92 Å². The Morgan fingerprint density at radius 2 is 1.20 bits per heavy atom. The van der Waals surface area contributed by atoms with Crippen molar-refractivity contribution in [3.05, 3.63) is 0 Å². The van der Waals surface area contributed by atoms with Gasteiger partial charge in [0.05, 0.1) is 0 Å². The number of rotatable bonds is 3. The fraction of sp³-hybridized carbons (Fsp3) is 1.00. The van der Waals surface area contributed by atoms with Crippen molar-refractivity contribution in [3.8, 4) is 0 Å².